The minimum atomic E-state index is -2.91. The maximum Gasteiger partial charge on any atom is 0.387 e. The van der Waals surface area contributed by atoms with Crippen LogP contribution in [0.15, 0.2) is 29.6 Å². The van der Waals surface area contributed by atoms with Crippen LogP contribution in [-0.2, 0) is 27.7 Å². The highest BCUT2D eigenvalue weighted by atomic mass is 32.2. The number of H-pyrrole nitrogens is 1. The fourth-order valence-electron chi connectivity index (χ4n) is 3.44. The van der Waals surface area contributed by atoms with E-state index in [4.69, 9.17) is 9.47 Å². The first kappa shape index (κ1) is 20.7. The van der Waals surface area contributed by atoms with Crippen molar-refractivity contribution in [2.24, 2.45) is 0 Å². The number of benzene rings is 1. The molecule has 0 fully saturated rings. The molecule has 0 aliphatic carbocycles. The topological polar surface area (TPSA) is 86.3 Å². The van der Waals surface area contributed by atoms with Crippen LogP contribution >= 0.6 is 0 Å². The molecule has 7 nitrogen and oxygen atoms in total. The Kier molecular flexibility index (Phi) is 5.96. The summed E-state index contributed by atoms with van der Waals surface area (Å²) in [7, 11) is 0.161. The van der Waals surface area contributed by atoms with Gasteiger partial charge in [-0.25, -0.2) is 4.98 Å². The van der Waals surface area contributed by atoms with Gasteiger partial charge < -0.3 is 19.2 Å². The van der Waals surface area contributed by atoms with Gasteiger partial charge in [-0.15, -0.1) is 0 Å². The number of hydrogen-bond donors (Lipinski definition) is 1. The Morgan fingerprint density at radius 2 is 2.23 bits per heavy atom. The van der Waals surface area contributed by atoms with Crippen molar-refractivity contribution in [3.8, 4) is 11.5 Å². The monoisotopic (exact) mass is 437 g/mol. The van der Waals surface area contributed by atoms with Crippen LogP contribution in [-0.4, -0.2) is 45.6 Å². The highest BCUT2D eigenvalue weighted by Crippen LogP contribution is 2.34. The average molecular weight is 437 g/mol. The molecule has 1 aromatic carbocycles. The number of hydrogen-bond acceptors (Lipinski definition) is 6. The summed E-state index contributed by atoms with van der Waals surface area (Å²) in [4.78, 5) is 11.7. The van der Waals surface area contributed by atoms with Crippen LogP contribution in [0.3, 0.4) is 0 Å². The number of alkyl halides is 2. The molecule has 160 valence electrons. The highest BCUT2D eigenvalue weighted by Gasteiger charge is 2.26. The molecule has 0 saturated heterocycles. The zero-order valence-corrected chi connectivity index (χ0v) is 17.3. The van der Waals surface area contributed by atoms with E-state index in [2.05, 4.69) is 19.7 Å². The zero-order chi connectivity index (χ0) is 21.3. The normalized spacial score (nSPS) is 16.6. The smallest absolute Gasteiger partial charge is 0.387 e. The third-order valence-electron chi connectivity index (χ3n) is 4.96. The first-order valence-corrected chi connectivity index (χ1v) is 10.7. The second-order valence-electron chi connectivity index (χ2n) is 7.00. The van der Waals surface area contributed by atoms with E-state index in [9.17, 15) is 13.0 Å². The molecule has 10 heteroatoms. The number of halogens is 2. The lowest BCUT2D eigenvalue weighted by Crippen LogP contribution is -2.15. The summed E-state index contributed by atoms with van der Waals surface area (Å²) in [5, 5.41) is 0.250. The van der Waals surface area contributed by atoms with Crippen molar-refractivity contribution < 1.29 is 27.2 Å². The van der Waals surface area contributed by atoms with Gasteiger partial charge in [0.1, 0.15) is 17.6 Å². The molecular weight excluding hydrogens is 416 g/mol. The van der Waals surface area contributed by atoms with Gasteiger partial charge in [0.25, 0.3) is 0 Å². The molecule has 30 heavy (non-hydrogen) atoms. The molecule has 2 aromatic heterocycles. The lowest BCUT2D eigenvalue weighted by atomic mass is 10.1. The summed E-state index contributed by atoms with van der Waals surface area (Å²) in [6, 6.07) is 4.34. The third kappa shape index (κ3) is 4.29. The molecule has 0 spiro atoms. The van der Waals surface area contributed by atoms with Crippen LogP contribution in [0.4, 0.5) is 8.78 Å². The number of ether oxygens (including phenoxy) is 3. The molecule has 3 heterocycles. The lowest BCUT2D eigenvalue weighted by molar-refractivity contribution is -0.0497. The Labute approximate surface area is 174 Å². The quantitative estimate of drug-likeness (QED) is 0.580. The number of fused-ring (bicyclic) bond motifs is 2. The lowest BCUT2D eigenvalue weighted by Gasteiger charge is -2.12. The molecule has 0 amide bonds. The van der Waals surface area contributed by atoms with Gasteiger partial charge in [0.05, 0.1) is 33.3 Å². The minimum Gasteiger partial charge on any atom is -0.489 e. The Balaban J connectivity index is 1.51. The van der Waals surface area contributed by atoms with Crippen LogP contribution in [0.2, 0.25) is 0 Å². The summed E-state index contributed by atoms with van der Waals surface area (Å²) in [5.74, 6) is 0.970. The highest BCUT2D eigenvalue weighted by molar-refractivity contribution is 7.84. The standard InChI is InChI=1S/C20H21F2N3O4S/c1-11-17(23-9-12-7-14(5-6-27-2)28-18(11)12)10-30(26)20-24-15-4-3-13(29-19(21)22)8-16(15)25-20/h3-4,8-9,14,19H,5-7,10H2,1-2H3,(H,24,25). The predicted molar refractivity (Wildman–Crippen MR) is 106 cm³/mol. The molecule has 1 aliphatic heterocycles. The van der Waals surface area contributed by atoms with Gasteiger partial charge in [-0.2, -0.15) is 8.78 Å². The molecule has 0 radical (unpaired) electrons. The molecule has 2 atom stereocenters. The largest absolute Gasteiger partial charge is 0.489 e. The van der Waals surface area contributed by atoms with Crippen molar-refractivity contribution in [1.82, 2.24) is 15.0 Å². The fraction of sp³-hybridized carbons (Fsp3) is 0.400. The van der Waals surface area contributed by atoms with Gasteiger partial charge in [0.15, 0.2) is 5.16 Å². The summed E-state index contributed by atoms with van der Waals surface area (Å²) < 4.78 is 53.2. The number of methoxy groups -OCH3 is 1. The predicted octanol–water partition coefficient (Wildman–Crippen LogP) is 3.52. The van der Waals surface area contributed by atoms with Crippen molar-refractivity contribution in [1.29, 1.82) is 0 Å². The number of rotatable bonds is 8. The third-order valence-corrected chi connectivity index (χ3v) is 6.12. The summed E-state index contributed by atoms with van der Waals surface area (Å²) >= 11 is 0. The molecule has 3 aromatic rings. The molecule has 4 rings (SSSR count). The molecule has 2 unspecified atom stereocenters. The Hall–Kier alpha value is -2.59. The number of nitrogens with one attached hydrogen (secondary N) is 1. The van der Waals surface area contributed by atoms with E-state index in [0.29, 0.717) is 23.3 Å². The van der Waals surface area contributed by atoms with E-state index in [1.807, 2.05) is 6.92 Å². The second kappa shape index (κ2) is 8.65. The molecular formula is C20H21F2N3O4S. The van der Waals surface area contributed by atoms with Gasteiger partial charge in [0.2, 0.25) is 0 Å². The second-order valence-corrected chi connectivity index (χ2v) is 8.37. The summed E-state index contributed by atoms with van der Waals surface area (Å²) in [6.45, 7) is -0.383. The molecule has 0 saturated carbocycles. The van der Waals surface area contributed by atoms with Crippen LogP contribution in [0.1, 0.15) is 23.2 Å². The number of imidazole rings is 1. The summed E-state index contributed by atoms with van der Waals surface area (Å²) in [6.07, 6.45) is 3.40. The average Bonchev–Trinajstić information content (AvgIpc) is 3.32. The molecule has 1 aliphatic rings. The van der Waals surface area contributed by atoms with Gasteiger partial charge in [-0.1, -0.05) is 0 Å². The SMILES string of the molecule is COCCC1Cc2cnc(CS(=O)c3nc4ccc(OC(F)F)cc4[nH]3)c(C)c2O1. The van der Waals surface area contributed by atoms with Gasteiger partial charge in [0, 0.05) is 49.9 Å². The first-order valence-electron chi connectivity index (χ1n) is 9.40. The van der Waals surface area contributed by atoms with E-state index in [1.54, 1.807) is 13.3 Å². The number of nitrogens with zero attached hydrogens (tertiary/aromatic N) is 2. The maximum atomic E-state index is 12.9. The van der Waals surface area contributed by atoms with Crippen LogP contribution in [0, 0.1) is 6.92 Å². The zero-order valence-electron chi connectivity index (χ0n) is 16.5. The van der Waals surface area contributed by atoms with Crippen LogP contribution in [0.5, 0.6) is 11.5 Å². The van der Waals surface area contributed by atoms with Gasteiger partial charge in [-0.3, -0.25) is 9.19 Å². The Morgan fingerprint density at radius 3 is 3.00 bits per heavy atom. The molecule has 0 bridgehead atoms. The van der Waals surface area contributed by atoms with Crippen molar-refractivity contribution >= 4 is 21.8 Å². The van der Waals surface area contributed by atoms with Crippen molar-refractivity contribution in [2.75, 3.05) is 13.7 Å². The van der Waals surface area contributed by atoms with Crippen molar-refractivity contribution in [2.45, 2.75) is 43.4 Å². The minimum absolute atomic E-state index is 0.00907. The van der Waals surface area contributed by atoms with E-state index >= 15 is 0 Å². The summed E-state index contributed by atoms with van der Waals surface area (Å²) in [5.41, 5.74) is 3.56. The fourth-order valence-corrected chi connectivity index (χ4v) is 4.54. The van der Waals surface area contributed by atoms with Gasteiger partial charge >= 0.3 is 6.61 Å². The number of aromatic amines is 1. The first-order chi connectivity index (χ1) is 14.4. The van der Waals surface area contributed by atoms with Crippen molar-refractivity contribution in [3.63, 3.8) is 0 Å². The van der Waals surface area contributed by atoms with E-state index in [1.165, 1.54) is 18.2 Å². The van der Waals surface area contributed by atoms with E-state index in [-0.39, 0.29) is 22.8 Å². The van der Waals surface area contributed by atoms with Crippen LogP contribution in [0.25, 0.3) is 11.0 Å². The van der Waals surface area contributed by atoms with Crippen molar-refractivity contribution in [3.05, 3.63) is 41.2 Å². The Morgan fingerprint density at radius 1 is 1.40 bits per heavy atom. The Bertz CT molecular complexity index is 1090. The van der Waals surface area contributed by atoms with Crippen LogP contribution < -0.4 is 9.47 Å². The molecule has 1 N–H and O–H groups in total. The van der Waals surface area contributed by atoms with Gasteiger partial charge in [-0.05, 0) is 19.1 Å². The van der Waals surface area contributed by atoms with E-state index in [0.717, 1.165) is 29.7 Å². The number of aromatic nitrogens is 3. The maximum absolute atomic E-state index is 12.9. The van der Waals surface area contributed by atoms with E-state index < -0.39 is 17.4 Å². The number of pyridine rings is 1.